The Bertz CT molecular complexity index is 752. The topological polar surface area (TPSA) is 70.2 Å². The molecular formula is C20H23N3O2. The second-order valence-electron chi connectivity index (χ2n) is 6.44. The van der Waals surface area contributed by atoms with E-state index in [1.165, 1.54) is 5.56 Å². The van der Waals surface area contributed by atoms with Crippen molar-refractivity contribution in [1.82, 2.24) is 16.0 Å². The van der Waals surface area contributed by atoms with Crippen LogP contribution >= 0.6 is 0 Å². The Morgan fingerprint density at radius 2 is 1.72 bits per heavy atom. The Morgan fingerprint density at radius 3 is 2.40 bits per heavy atom. The van der Waals surface area contributed by atoms with Crippen LogP contribution in [-0.4, -0.2) is 24.9 Å². The van der Waals surface area contributed by atoms with Crippen molar-refractivity contribution in [2.75, 3.05) is 13.1 Å². The van der Waals surface area contributed by atoms with Crippen LogP contribution in [0.5, 0.6) is 0 Å². The van der Waals surface area contributed by atoms with Crippen LogP contribution in [0.15, 0.2) is 48.5 Å². The van der Waals surface area contributed by atoms with Crippen molar-refractivity contribution in [2.24, 2.45) is 5.92 Å². The number of nitrogens with one attached hydrogen (secondary N) is 3. The first kappa shape index (κ1) is 17.2. The van der Waals surface area contributed by atoms with Gasteiger partial charge in [0.1, 0.15) is 0 Å². The molecular weight excluding hydrogens is 314 g/mol. The number of hydrogen-bond donors (Lipinski definition) is 3. The zero-order chi connectivity index (χ0) is 17.6. The second-order valence-corrected chi connectivity index (χ2v) is 6.44. The highest BCUT2D eigenvalue weighted by atomic mass is 16.2. The van der Waals surface area contributed by atoms with Gasteiger partial charge in [-0.1, -0.05) is 42.0 Å². The van der Waals surface area contributed by atoms with Crippen LogP contribution in [0.1, 0.15) is 27.0 Å². The van der Waals surface area contributed by atoms with Crippen molar-refractivity contribution in [3.8, 4) is 0 Å². The number of carbonyl (C=O) groups excluding carboxylic acids is 2. The lowest BCUT2D eigenvalue weighted by atomic mass is 10.0. The van der Waals surface area contributed by atoms with Gasteiger partial charge in [-0.25, -0.2) is 0 Å². The third kappa shape index (κ3) is 4.67. The monoisotopic (exact) mass is 337 g/mol. The largest absolute Gasteiger partial charge is 0.352 e. The first-order valence-electron chi connectivity index (χ1n) is 8.53. The van der Waals surface area contributed by atoms with Gasteiger partial charge in [0.15, 0.2) is 0 Å². The molecule has 2 aromatic rings. The molecule has 0 aliphatic carbocycles. The molecule has 2 aromatic carbocycles. The van der Waals surface area contributed by atoms with Gasteiger partial charge in [-0.3, -0.25) is 9.59 Å². The minimum absolute atomic E-state index is 0.0629. The van der Waals surface area contributed by atoms with Crippen LogP contribution in [0.25, 0.3) is 0 Å². The van der Waals surface area contributed by atoms with E-state index in [4.69, 9.17) is 0 Å². The van der Waals surface area contributed by atoms with Gasteiger partial charge in [0.05, 0.1) is 5.92 Å². The molecule has 1 saturated heterocycles. The summed E-state index contributed by atoms with van der Waals surface area (Å²) in [7, 11) is 0. The summed E-state index contributed by atoms with van der Waals surface area (Å²) in [6, 6.07) is 15.4. The van der Waals surface area contributed by atoms with Crippen LogP contribution in [0.3, 0.4) is 0 Å². The third-order valence-corrected chi connectivity index (χ3v) is 4.38. The van der Waals surface area contributed by atoms with Gasteiger partial charge in [0.2, 0.25) is 5.91 Å². The van der Waals surface area contributed by atoms with Gasteiger partial charge in [-0.05, 0) is 30.2 Å². The fourth-order valence-electron chi connectivity index (χ4n) is 2.62. The molecule has 5 heteroatoms. The molecule has 0 bridgehead atoms. The van der Waals surface area contributed by atoms with E-state index in [0.29, 0.717) is 18.7 Å². The average molecular weight is 337 g/mol. The molecule has 3 N–H and O–H groups in total. The number of amides is 2. The summed E-state index contributed by atoms with van der Waals surface area (Å²) in [6.07, 6.45) is 0. The highest BCUT2D eigenvalue weighted by Crippen LogP contribution is 2.08. The van der Waals surface area contributed by atoms with Crippen molar-refractivity contribution in [3.05, 3.63) is 70.8 Å². The maximum absolute atomic E-state index is 12.3. The lowest BCUT2D eigenvalue weighted by Gasteiger charge is -2.25. The summed E-state index contributed by atoms with van der Waals surface area (Å²) in [6.45, 7) is 4.46. The van der Waals surface area contributed by atoms with Gasteiger partial charge >= 0.3 is 0 Å². The second kappa shape index (κ2) is 7.94. The minimum Gasteiger partial charge on any atom is -0.352 e. The Morgan fingerprint density at radius 1 is 1.00 bits per heavy atom. The molecule has 5 nitrogen and oxygen atoms in total. The predicted octanol–water partition coefficient (Wildman–Crippen LogP) is 1.76. The number of benzene rings is 2. The Hall–Kier alpha value is -2.66. The van der Waals surface area contributed by atoms with Crippen LogP contribution < -0.4 is 16.0 Å². The molecule has 25 heavy (non-hydrogen) atoms. The number of hydrogen-bond acceptors (Lipinski definition) is 3. The molecule has 0 unspecified atom stereocenters. The molecule has 0 saturated carbocycles. The molecule has 2 amide bonds. The normalized spacial score (nSPS) is 13.8. The SMILES string of the molecule is Cc1ccc(CNC(=O)c2cccc(CNC(=O)C3CNC3)c2)cc1. The van der Waals surface area contributed by atoms with Crippen molar-refractivity contribution < 1.29 is 9.59 Å². The summed E-state index contributed by atoms with van der Waals surface area (Å²) in [4.78, 5) is 24.2. The average Bonchev–Trinajstić information content (AvgIpc) is 2.58. The van der Waals surface area contributed by atoms with Gasteiger partial charge in [-0.2, -0.15) is 0 Å². The molecule has 1 aliphatic heterocycles. The fourth-order valence-corrected chi connectivity index (χ4v) is 2.62. The zero-order valence-corrected chi connectivity index (χ0v) is 14.3. The Labute approximate surface area is 147 Å². The van der Waals surface area contributed by atoms with E-state index < -0.39 is 0 Å². The highest BCUT2D eigenvalue weighted by molar-refractivity contribution is 5.94. The maximum atomic E-state index is 12.3. The standard InChI is InChI=1S/C20H23N3O2/c1-14-5-7-15(8-6-14)10-22-19(24)17-4-2-3-16(9-17)11-23-20(25)18-12-21-13-18/h2-9,18,21H,10-13H2,1H3,(H,22,24)(H,23,25). The lowest BCUT2D eigenvalue weighted by molar-refractivity contribution is -0.126. The van der Waals surface area contributed by atoms with Gasteiger partial charge in [-0.15, -0.1) is 0 Å². The number of carbonyl (C=O) groups is 2. The fraction of sp³-hybridized carbons (Fsp3) is 0.300. The van der Waals surface area contributed by atoms with Gasteiger partial charge in [0, 0.05) is 31.7 Å². The first-order valence-corrected chi connectivity index (χ1v) is 8.53. The summed E-state index contributed by atoms with van der Waals surface area (Å²) in [5.41, 5.74) is 3.78. The van der Waals surface area contributed by atoms with E-state index in [9.17, 15) is 9.59 Å². The molecule has 0 spiro atoms. The predicted molar refractivity (Wildman–Crippen MR) is 97.0 cm³/mol. The van der Waals surface area contributed by atoms with Crippen molar-refractivity contribution >= 4 is 11.8 Å². The van der Waals surface area contributed by atoms with E-state index in [0.717, 1.165) is 24.2 Å². The Kier molecular flexibility index (Phi) is 5.46. The van der Waals surface area contributed by atoms with E-state index in [-0.39, 0.29) is 17.7 Å². The summed E-state index contributed by atoms with van der Waals surface area (Å²) < 4.78 is 0. The van der Waals surface area contributed by atoms with Crippen molar-refractivity contribution in [1.29, 1.82) is 0 Å². The van der Waals surface area contributed by atoms with E-state index in [1.807, 2.05) is 49.4 Å². The summed E-state index contributed by atoms with van der Waals surface area (Å²) >= 11 is 0. The lowest BCUT2D eigenvalue weighted by Crippen LogP contribution is -2.50. The van der Waals surface area contributed by atoms with Crippen LogP contribution in [0, 0.1) is 12.8 Å². The van der Waals surface area contributed by atoms with E-state index in [2.05, 4.69) is 16.0 Å². The zero-order valence-electron chi connectivity index (χ0n) is 14.3. The summed E-state index contributed by atoms with van der Waals surface area (Å²) in [5.74, 6) is 0.0194. The molecule has 0 radical (unpaired) electrons. The molecule has 1 aliphatic rings. The molecule has 130 valence electrons. The molecule has 1 heterocycles. The molecule has 0 aromatic heterocycles. The van der Waals surface area contributed by atoms with Crippen molar-refractivity contribution in [3.63, 3.8) is 0 Å². The first-order chi connectivity index (χ1) is 12.1. The molecule has 3 rings (SSSR count). The summed E-state index contributed by atoms with van der Waals surface area (Å²) in [5, 5.41) is 8.93. The highest BCUT2D eigenvalue weighted by Gasteiger charge is 2.24. The minimum atomic E-state index is -0.114. The van der Waals surface area contributed by atoms with Gasteiger partial charge < -0.3 is 16.0 Å². The Balaban J connectivity index is 1.53. The molecule has 0 atom stereocenters. The van der Waals surface area contributed by atoms with E-state index >= 15 is 0 Å². The van der Waals surface area contributed by atoms with Crippen LogP contribution in [0.4, 0.5) is 0 Å². The quantitative estimate of drug-likeness (QED) is 0.752. The third-order valence-electron chi connectivity index (χ3n) is 4.38. The van der Waals surface area contributed by atoms with Crippen LogP contribution in [-0.2, 0) is 17.9 Å². The molecule has 1 fully saturated rings. The maximum Gasteiger partial charge on any atom is 0.251 e. The van der Waals surface area contributed by atoms with Crippen LogP contribution in [0.2, 0.25) is 0 Å². The van der Waals surface area contributed by atoms with Gasteiger partial charge in [0.25, 0.3) is 5.91 Å². The smallest absolute Gasteiger partial charge is 0.251 e. The van der Waals surface area contributed by atoms with E-state index in [1.54, 1.807) is 6.07 Å². The van der Waals surface area contributed by atoms with Crippen molar-refractivity contribution in [2.45, 2.75) is 20.0 Å². The number of rotatable bonds is 6. The number of aryl methyl sites for hydroxylation is 1.